The fraction of sp³-hybridized carbons (Fsp3) is 0.500. The van der Waals surface area contributed by atoms with Gasteiger partial charge in [-0.2, -0.15) is 8.78 Å². The molecule has 0 radical (unpaired) electrons. The van der Waals surface area contributed by atoms with Crippen molar-refractivity contribution in [1.29, 1.82) is 0 Å². The average Bonchev–Trinajstić information content (AvgIpc) is 2.84. The third-order valence-electron chi connectivity index (χ3n) is 3.36. The van der Waals surface area contributed by atoms with Gasteiger partial charge >= 0.3 is 6.61 Å². The van der Waals surface area contributed by atoms with Crippen molar-refractivity contribution in [1.82, 2.24) is 5.32 Å². The number of anilines is 1. The largest absolute Gasteiger partial charge is 0.435 e. The van der Waals surface area contributed by atoms with Crippen LogP contribution in [0.1, 0.15) is 31.2 Å². The Hall–Kier alpha value is -1.43. The van der Waals surface area contributed by atoms with Gasteiger partial charge in [-0.05, 0) is 55.7 Å². The van der Waals surface area contributed by atoms with Crippen LogP contribution in [0.4, 0.5) is 14.5 Å². The van der Waals surface area contributed by atoms with E-state index in [-0.39, 0.29) is 5.75 Å². The van der Waals surface area contributed by atoms with Gasteiger partial charge in [0.2, 0.25) is 0 Å². The Labute approximate surface area is 122 Å². The van der Waals surface area contributed by atoms with Crippen LogP contribution in [-0.2, 0) is 0 Å². The van der Waals surface area contributed by atoms with Crippen LogP contribution < -0.4 is 15.4 Å². The van der Waals surface area contributed by atoms with Crippen molar-refractivity contribution in [2.75, 3.05) is 5.32 Å². The Bertz CT molecular complexity index is 476. The molecule has 2 N–H and O–H groups in total. The molecule has 110 valence electrons. The molecule has 1 saturated carbocycles. The molecule has 0 aromatic heterocycles. The van der Waals surface area contributed by atoms with Gasteiger partial charge in [0.05, 0.1) is 0 Å². The maximum Gasteiger partial charge on any atom is 0.387 e. The number of thiocarbonyl (C=S) groups is 1. The molecule has 0 heterocycles. The normalized spacial score (nSPS) is 15.4. The topological polar surface area (TPSA) is 33.3 Å². The van der Waals surface area contributed by atoms with E-state index in [1.165, 1.54) is 18.9 Å². The zero-order valence-electron chi connectivity index (χ0n) is 11.3. The minimum Gasteiger partial charge on any atom is -0.435 e. The highest BCUT2D eigenvalue weighted by atomic mass is 32.1. The first-order valence-electron chi connectivity index (χ1n) is 6.67. The van der Waals surface area contributed by atoms with Gasteiger partial charge in [-0.1, -0.05) is 12.8 Å². The van der Waals surface area contributed by atoms with E-state index in [1.54, 1.807) is 12.1 Å². The average molecular weight is 300 g/mol. The van der Waals surface area contributed by atoms with Crippen LogP contribution in [0, 0.1) is 6.92 Å². The van der Waals surface area contributed by atoms with Crippen molar-refractivity contribution < 1.29 is 13.5 Å². The molecular formula is C14H18F2N2OS. The lowest BCUT2D eigenvalue weighted by Crippen LogP contribution is -2.36. The molecule has 0 amide bonds. The van der Waals surface area contributed by atoms with Gasteiger partial charge in [0.1, 0.15) is 5.75 Å². The highest BCUT2D eigenvalue weighted by molar-refractivity contribution is 7.80. The van der Waals surface area contributed by atoms with Crippen LogP contribution in [0.15, 0.2) is 18.2 Å². The number of ether oxygens (including phenoxy) is 1. The molecule has 0 unspecified atom stereocenters. The quantitative estimate of drug-likeness (QED) is 0.828. The molecular weight excluding hydrogens is 282 g/mol. The van der Waals surface area contributed by atoms with Gasteiger partial charge in [0, 0.05) is 11.7 Å². The summed E-state index contributed by atoms with van der Waals surface area (Å²) in [6.07, 6.45) is 4.75. The summed E-state index contributed by atoms with van der Waals surface area (Å²) in [6, 6.07) is 5.19. The molecule has 0 bridgehead atoms. The first kappa shape index (κ1) is 15.0. The molecule has 0 spiro atoms. The number of halogens is 2. The molecule has 1 aromatic rings. The van der Waals surface area contributed by atoms with Crippen molar-refractivity contribution in [3.8, 4) is 5.75 Å². The molecule has 6 heteroatoms. The van der Waals surface area contributed by atoms with Crippen LogP contribution >= 0.6 is 12.2 Å². The Morgan fingerprint density at radius 1 is 1.35 bits per heavy atom. The van der Waals surface area contributed by atoms with Gasteiger partial charge in [-0.15, -0.1) is 0 Å². The minimum atomic E-state index is -2.81. The predicted octanol–water partition coefficient (Wildman–Crippen LogP) is 3.83. The molecule has 1 aliphatic rings. The smallest absolute Gasteiger partial charge is 0.387 e. The molecule has 2 rings (SSSR count). The van der Waals surface area contributed by atoms with E-state index in [0.29, 0.717) is 11.2 Å². The highest BCUT2D eigenvalue weighted by Crippen LogP contribution is 2.23. The fourth-order valence-electron chi connectivity index (χ4n) is 2.37. The van der Waals surface area contributed by atoms with E-state index < -0.39 is 6.61 Å². The summed E-state index contributed by atoms with van der Waals surface area (Å²) in [5.41, 5.74) is 1.60. The van der Waals surface area contributed by atoms with Crippen LogP contribution in [0.3, 0.4) is 0 Å². The minimum absolute atomic E-state index is 0.151. The van der Waals surface area contributed by atoms with Crippen molar-refractivity contribution in [3.63, 3.8) is 0 Å². The second-order valence-electron chi connectivity index (χ2n) is 4.94. The lowest BCUT2D eigenvalue weighted by molar-refractivity contribution is -0.0498. The van der Waals surface area contributed by atoms with Crippen molar-refractivity contribution >= 4 is 23.0 Å². The summed E-state index contributed by atoms with van der Waals surface area (Å²) < 4.78 is 28.6. The van der Waals surface area contributed by atoms with Crippen LogP contribution in [0.2, 0.25) is 0 Å². The van der Waals surface area contributed by atoms with Crippen molar-refractivity contribution in [2.24, 2.45) is 0 Å². The zero-order valence-corrected chi connectivity index (χ0v) is 12.1. The summed E-state index contributed by atoms with van der Waals surface area (Å²) in [5.74, 6) is 0.151. The molecule has 1 aromatic carbocycles. The summed E-state index contributed by atoms with van der Waals surface area (Å²) in [7, 11) is 0. The molecule has 1 aliphatic carbocycles. The number of aryl methyl sites for hydroxylation is 1. The van der Waals surface area contributed by atoms with E-state index in [9.17, 15) is 8.78 Å². The lowest BCUT2D eigenvalue weighted by Gasteiger charge is -2.17. The van der Waals surface area contributed by atoms with E-state index >= 15 is 0 Å². The van der Waals surface area contributed by atoms with Crippen molar-refractivity contribution in [2.45, 2.75) is 45.3 Å². The van der Waals surface area contributed by atoms with Gasteiger partial charge in [0.15, 0.2) is 5.11 Å². The summed E-state index contributed by atoms with van der Waals surface area (Å²) >= 11 is 5.26. The Balaban J connectivity index is 1.93. The Morgan fingerprint density at radius 2 is 2.05 bits per heavy atom. The van der Waals surface area contributed by atoms with Gasteiger partial charge in [0.25, 0.3) is 0 Å². The maximum atomic E-state index is 12.1. The van der Waals surface area contributed by atoms with Crippen LogP contribution in [-0.4, -0.2) is 17.8 Å². The predicted molar refractivity (Wildman–Crippen MR) is 79.4 cm³/mol. The third-order valence-corrected chi connectivity index (χ3v) is 3.58. The van der Waals surface area contributed by atoms with Crippen molar-refractivity contribution in [3.05, 3.63) is 23.8 Å². The Kier molecular flexibility index (Phi) is 5.11. The zero-order chi connectivity index (χ0) is 14.5. The highest BCUT2D eigenvalue weighted by Gasteiger charge is 2.15. The molecule has 20 heavy (non-hydrogen) atoms. The molecule has 0 saturated heterocycles. The standard InChI is InChI=1S/C14H18F2N2OS/c1-9-8-11(19-13(15)16)6-7-12(9)18-14(20)17-10-4-2-3-5-10/h6-8,10,13H,2-5H2,1H3,(H2,17,18,20). The van der Waals surface area contributed by atoms with Gasteiger partial charge in [-0.3, -0.25) is 0 Å². The second kappa shape index (κ2) is 6.83. The Morgan fingerprint density at radius 3 is 2.65 bits per heavy atom. The third kappa shape index (κ3) is 4.30. The van der Waals surface area contributed by atoms with E-state index in [0.717, 1.165) is 24.1 Å². The second-order valence-corrected chi connectivity index (χ2v) is 5.34. The number of alkyl halides is 2. The lowest BCUT2D eigenvalue weighted by atomic mass is 10.2. The number of rotatable bonds is 4. The first-order valence-corrected chi connectivity index (χ1v) is 7.08. The number of nitrogens with one attached hydrogen (secondary N) is 2. The van der Waals surface area contributed by atoms with E-state index in [2.05, 4.69) is 15.4 Å². The molecule has 0 aliphatic heterocycles. The summed E-state index contributed by atoms with van der Waals surface area (Å²) in [4.78, 5) is 0. The van der Waals surface area contributed by atoms with Gasteiger partial charge < -0.3 is 15.4 Å². The van der Waals surface area contributed by atoms with E-state index in [1.807, 2.05) is 6.92 Å². The first-order chi connectivity index (χ1) is 9.54. The van der Waals surface area contributed by atoms with E-state index in [4.69, 9.17) is 12.2 Å². The number of benzene rings is 1. The maximum absolute atomic E-state index is 12.1. The monoisotopic (exact) mass is 300 g/mol. The number of hydrogen-bond acceptors (Lipinski definition) is 2. The van der Waals surface area contributed by atoms with Crippen LogP contribution in [0.5, 0.6) is 5.75 Å². The summed E-state index contributed by atoms with van der Waals surface area (Å²) in [6.45, 7) is -0.989. The van der Waals surface area contributed by atoms with Crippen LogP contribution in [0.25, 0.3) is 0 Å². The van der Waals surface area contributed by atoms with Gasteiger partial charge in [-0.25, -0.2) is 0 Å². The number of hydrogen-bond donors (Lipinski definition) is 2. The summed E-state index contributed by atoms with van der Waals surface area (Å²) in [5, 5.41) is 6.94. The molecule has 0 atom stereocenters. The fourth-order valence-corrected chi connectivity index (χ4v) is 2.64. The SMILES string of the molecule is Cc1cc(OC(F)F)ccc1NC(=S)NC1CCCC1. The molecule has 3 nitrogen and oxygen atoms in total. The molecule has 1 fully saturated rings.